The number of anilines is 1. The van der Waals surface area contributed by atoms with Gasteiger partial charge >= 0.3 is 0 Å². The van der Waals surface area contributed by atoms with E-state index in [1.54, 1.807) is 32.0 Å². The summed E-state index contributed by atoms with van der Waals surface area (Å²) in [6, 6.07) is 10.4. The average molecular weight is 467 g/mol. The molecule has 0 aromatic heterocycles. The highest BCUT2D eigenvalue weighted by atomic mass is 32.2. The van der Waals surface area contributed by atoms with E-state index in [1.165, 1.54) is 16.4 Å². The number of benzene rings is 2. The van der Waals surface area contributed by atoms with Gasteiger partial charge in [-0.15, -0.1) is 0 Å². The van der Waals surface area contributed by atoms with Crippen molar-refractivity contribution < 1.29 is 21.6 Å². The smallest absolute Gasteiger partial charge is 0.244 e. The summed E-state index contributed by atoms with van der Waals surface area (Å²) in [5, 5.41) is 2.87. The van der Waals surface area contributed by atoms with Crippen LogP contribution in [0.25, 0.3) is 0 Å². The highest BCUT2D eigenvalue weighted by Crippen LogP contribution is 2.28. The topological polar surface area (TPSA) is 101 Å². The quantitative estimate of drug-likeness (QED) is 0.644. The summed E-state index contributed by atoms with van der Waals surface area (Å²) in [5.41, 5.74) is 2.85. The Bertz CT molecular complexity index is 1160. The lowest BCUT2D eigenvalue weighted by Crippen LogP contribution is -2.50. The molecule has 0 radical (unpaired) electrons. The Labute approximate surface area is 185 Å². The number of carbonyl (C=O) groups is 1. The minimum absolute atomic E-state index is 0.194. The minimum atomic E-state index is -3.73. The maximum Gasteiger partial charge on any atom is 0.244 e. The fourth-order valence-corrected chi connectivity index (χ4v) is 5.28. The molecule has 0 spiro atoms. The van der Waals surface area contributed by atoms with E-state index in [-0.39, 0.29) is 11.3 Å². The van der Waals surface area contributed by atoms with Crippen LogP contribution in [0.3, 0.4) is 0 Å². The molecule has 2 atom stereocenters. The second kappa shape index (κ2) is 9.40. The standard InChI is InChI=1S/C22H30N2O5S2/c1-7-20(24(31(6,28)29)21-14-15(2)8-9-16(21)3)22(25)23-17(4)18-10-12-19(13-11-18)30(5,26)27/h8-14,17,20H,7H2,1-6H3,(H,23,25)/t17-,20+/m0/s1. The maximum atomic E-state index is 13.1. The Kier molecular flexibility index (Phi) is 7.54. The monoisotopic (exact) mass is 466 g/mol. The van der Waals surface area contributed by atoms with E-state index in [0.29, 0.717) is 11.3 Å². The number of rotatable bonds is 8. The van der Waals surface area contributed by atoms with Crippen LogP contribution in [0.15, 0.2) is 47.4 Å². The summed E-state index contributed by atoms with van der Waals surface area (Å²) in [4.78, 5) is 13.3. The zero-order valence-corrected chi connectivity index (χ0v) is 20.3. The van der Waals surface area contributed by atoms with Gasteiger partial charge in [-0.05, 0) is 62.1 Å². The summed E-state index contributed by atoms with van der Waals surface area (Å²) in [6.07, 6.45) is 2.51. The molecule has 0 aliphatic heterocycles. The Morgan fingerprint density at radius 2 is 1.58 bits per heavy atom. The molecule has 0 fully saturated rings. The van der Waals surface area contributed by atoms with Crippen molar-refractivity contribution >= 4 is 31.5 Å². The first kappa shape index (κ1) is 24.9. The highest BCUT2D eigenvalue weighted by Gasteiger charge is 2.33. The molecule has 1 N–H and O–H groups in total. The van der Waals surface area contributed by atoms with Crippen LogP contribution >= 0.6 is 0 Å². The van der Waals surface area contributed by atoms with E-state index in [9.17, 15) is 21.6 Å². The van der Waals surface area contributed by atoms with Gasteiger partial charge in [0.1, 0.15) is 6.04 Å². The van der Waals surface area contributed by atoms with E-state index < -0.39 is 37.9 Å². The number of aryl methyl sites for hydroxylation is 2. The van der Waals surface area contributed by atoms with Gasteiger partial charge in [-0.25, -0.2) is 16.8 Å². The van der Waals surface area contributed by atoms with E-state index >= 15 is 0 Å². The molecule has 0 saturated heterocycles. The summed E-state index contributed by atoms with van der Waals surface area (Å²) in [5.74, 6) is -0.423. The summed E-state index contributed by atoms with van der Waals surface area (Å²) >= 11 is 0. The van der Waals surface area contributed by atoms with Crippen LogP contribution in [-0.4, -0.2) is 41.3 Å². The van der Waals surface area contributed by atoms with Crippen molar-refractivity contribution in [2.24, 2.45) is 0 Å². The molecule has 0 aliphatic rings. The van der Waals surface area contributed by atoms with Gasteiger partial charge in [0, 0.05) is 6.26 Å². The lowest BCUT2D eigenvalue weighted by Gasteiger charge is -2.32. The number of carbonyl (C=O) groups excluding carboxylic acids is 1. The molecule has 0 heterocycles. The van der Waals surface area contributed by atoms with E-state index in [0.717, 1.165) is 23.6 Å². The van der Waals surface area contributed by atoms with Crippen molar-refractivity contribution in [3.05, 3.63) is 59.2 Å². The maximum absolute atomic E-state index is 13.1. The molecule has 2 aromatic carbocycles. The van der Waals surface area contributed by atoms with Gasteiger partial charge in [0.15, 0.2) is 9.84 Å². The lowest BCUT2D eigenvalue weighted by molar-refractivity contribution is -0.122. The molecule has 170 valence electrons. The zero-order valence-electron chi connectivity index (χ0n) is 18.7. The van der Waals surface area contributed by atoms with Gasteiger partial charge in [-0.2, -0.15) is 0 Å². The van der Waals surface area contributed by atoms with Gasteiger partial charge in [-0.3, -0.25) is 9.10 Å². The van der Waals surface area contributed by atoms with Crippen molar-refractivity contribution in [2.75, 3.05) is 16.8 Å². The number of hydrogen-bond acceptors (Lipinski definition) is 5. The van der Waals surface area contributed by atoms with Crippen LogP contribution in [0.4, 0.5) is 5.69 Å². The Morgan fingerprint density at radius 3 is 2.06 bits per heavy atom. The van der Waals surface area contributed by atoms with E-state index in [2.05, 4.69) is 5.32 Å². The Hall–Kier alpha value is -2.39. The predicted octanol–water partition coefficient (Wildman–Crippen LogP) is 3.13. The number of nitrogens with one attached hydrogen (secondary N) is 1. The summed E-state index contributed by atoms with van der Waals surface area (Å²) < 4.78 is 49.8. The van der Waals surface area contributed by atoms with Crippen molar-refractivity contribution in [3.8, 4) is 0 Å². The first-order valence-electron chi connectivity index (χ1n) is 9.92. The van der Waals surface area contributed by atoms with Crippen molar-refractivity contribution in [1.82, 2.24) is 5.32 Å². The van der Waals surface area contributed by atoms with Crippen LogP contribution in [0.2, 0.25) is 0 Å². The van der Waals surface area contributed by atoms with Crippen molar-refractivity contribution in [2.45, 2.75) is 51.1 Å². The van der Waals surface area contributed by atoms with Gasteiger partial charge in [0.25, 0.3) is 0 Å². The molecule has 1 amide bonds. The Morgan fingerprint density at radius 1 is 1.00 bits per heavy atom. The van der Waals surface area contributed by atoms with Crippen LogP contribution in [0, 0.1) is 13.8 Å². The highest BCUT2D eigenvalue weighted by molar-refractivity contribution is 7.92. The van der Waals surface area contributed by atoms with E-state index in [4.69, 9.17) is 0 Å². The lowest BCUT2D eigenvalue weighted by atomic mass is 10.1. The largest absolute Gasteiger partial charge is 0.348 e. The molecule has 0 saturated carbocycles. The van der Waals surface area contributed by atoms with Crippen LogP contribution in [-0.2, 0) is 24.7 Å². The third-order valence-electron chi connectivity index (χ3n) is 5.10. The number of nitrogens with zero attached hydrogens (tertiary/aromatic N) is 1. The van der Waals surface area contributed by atoms with Crippen LogP contribution in [0.5, 0.6) is 0 Å². The molecule has 9 heteroatoms. The first-order valence-corrected chi connectivity index (χ1v) is 13.7. The molecule has 31 heavy (non-hydrogen) atoms. The number of amides is 1. The molecule has 2 rings (SSSR count). The fourth-order valence-electron chi connectivity index (χ4n) is 3.39. The predicted molar refractivity (Wildman–Crippen MR) is 123 cm³/mol. The third kappa shape index (κ3) is 6.07. The second-order valence-electron chi connectivity index (χ2n) is 7.84. The molecular formula is C22H30N2O5S2. The van der Waals surface area contributed by atoms with Crippen LogP contribution in [0.1, 0.15) is 43.0 Å². The first-order chi connectivity index (χ1) is 14.3. The second-order valence-corrected chi connectivity index (χ2v) is 11.7. The summed E-state index contributed by atoms with van der Waals surface area (Å²) in [7, 11) is -7.04. The van der Waals surface area contributed by atoms with Gasteiger partial charge in [0.05, 0.1) is 22.9 Å². The van der Waals surface area contributed by atoms with Crippen LogP contribution < -0.4 is 9.62 Å². The molecule has 0 aliphatic carbocycles. The molecule has 0 bridgehead atoms. The zero-order chi connectivity index (χ0) is 23.6. The Balaban J connectivity index is 2.34. The minimum Gasteiger partial charge on any atom is -0.348 e. The summed E-state index contributed by atoms with van der Waals surface area (Å²) in [6.45, 7) is 7.21. The fraction of sp³-hybridized carbons (Fsp3) is 0.409. The van der Waals surface area contributed by atoms with E-state index in [1.807, 2.05) is 26.0 Å². The SMILES string of the molecule is CC[C@H](C(=O)N[C@@H](C)c1ccc(S(C)(=O)=O)cc1)N(c1cc(C)ccc1C)S(C)(=O)=O. The van der Waals surface area contributed by atoms with Gasteiger partial charge < -0.3 is 5.32 Å². The third-order valence-corrected chi connectivity index (χ3v) is 7.39. The molecular weight excluding hydrogens is 436 g/mol. The number of hydrogen-bond donors (Lipinski definition) is 1. The number of sulfone groups is 1. The number of sulfonamides is 1. The van der Waals surface area contributed by atoms with Gasteiger partial charge in [0.2, 0.25) is 15.9 Å². The molecule has 7 nitrogen and oxygen atoms in total. The molecule has 2 aromatic rings. The normalized spacial score (nSPS) is 14.0. The van der Waals surface area contributed by atoms with Gasteiger partial charge in [-0.1, -0.05) is 31.2 Å². The average Bonchev–Trinajstić information content (AvgIpc) is 2.66. The molecule has 0 unspecified atom stereocenters. The van der Waals surface area contributed by atoms with Crippen molar-refractivity contribution in [1.29, 1.82) is 0 Å². The van der Waals surface area contributed by atoms with Crippen molar-refractivity contribution in [3.63, 3.8) is 0 Å².